The minimum absolute atomic E-state index is 0.0515. The molecule has 0 radical (unpaired) electrons. The Hall–Kier alpha value is -1.78. The summed E-state index contributed by atoms with van der Waals surface area (Å²) in [5.41, 5.74) is 0.00759. The molecule has 2 N–H and O–H groups in total. The highest BCUT2D eigenvalue weighted by atomic mass is 16.5. The SMILES string of the molecule is COc1cc(O)c(C)c(O)c1N=O. The van der Waals surface area contributed by atoms with E-state index < -0.39 is 0 Å². The standard InChI is InChI=1S/C8H9NO4/c1-4-5(10)3-6(13-2)7(9-12)8(4)11/h3,10-11H,1-2H3. The van der Waals surface area contributed by atoms with Crippen LogP contribution < -0.4 is 4.74 Å². The van der Waals surface area contributed by atoms with Crippen LogP contribution in [0.15, 0.2) is 11.2 Å². The number of aromatic hydroxyl groups is 2. The predicted molar refractivity (Wildman–Crippen MR) is 46.5 cm³/mol. The molecule has 70 valence electrons. The third-order valence-electron chi connectivity index (χ3n) is 1.78. The van der Waals surface area contributed by atoms with E-state index >= 15 is 0 Å². The Morgan fingerprint density at radius 2 is 2.08 bits per heavy atom. The molecule has 5 heteroatoms. The lowest BCUT2D eigenvalue weighted by Crippen LogP contribution is -1.86. The molecule has 0 bridgehead atoms. The second-order valence-electron chi connectivity index (χ2n) is 2.51. The normalized spacial score (nSPS) is 9.69. The molecule has 5 nitrogen and oxygen atoms in total. The first-order valence-electron chi connectivity index (χ1n) is 3.54. The van der Waals surface area contributed by atoms with Gasteiger partial charge in [0.1, 0.15) is 5.75 Å². The fourth-order valence-electron chi connectivity index (χ4n) is 0.960. The molecule has 0 aliphatic carbocycles. The molecule has 0 heterocycles. The van der Waals surface area contributed by atoms with Gasteiger partial charge in [0.25, 0.3) is 0 Å². The van der Waals surface area contributed by atoms with Crippen LogP contribution in [0, 0.1) is 11.8 Å². The van der Waals surface area contributed by atoms with Crippen molar-refractivity contribution in [2.24, 2.45) is 5.18 Å². The van der Waals surface area contributed by atoms with E-state index in [0.29, 0.717) is 0 Å². The molecule has 1 aromatic rings. The highest BCUT2D eigenvalue weighted by molar-refractivity contribution is 5.67. The lowest BCUT2D eigenvalue weighted by molar-refractivity contribution is 0.398. The van der Waals surface area contributed by atoms with Gasteiger partial charge in [-0.05, 0) is 12.1 Å². The number of ether oxygens (including phenoxy) is 1. The van der Waals surface area contributed by atoms with Crippen LogP contribution in [-0.4, -0.2) is 17.3 Å². The summed E-state index contributed by atoms with van der Waals surface area (Å²) in [6, 6.07) is 1.23. The Labute approximate surface area is 74.6 Å². The van der Waals surface area contributed by atoms with E-state index in [9.17, 15) is 15.1 Å². The summed E-state index contributed by atoms with van der Waals surface area (Å²) in [6.45, 7) is 1.47. The van der Waals surface area contributed by atoms with Crippen LogP contribution >= 0.6 is 0 Å². The van der Waals surface area contributed by atoms with Crippen molar-refractivity contribution in [2.45, 2.75) is 6.92 Å². The first-order chi connectivity index (χ1) is 6.11. The van der Waals surface area contributed by atoms with Crippen molar-refractivity contribution < 1.29 is 14.9 Å². The van der Waals surface area contributed by atoms with E-state index in [1.54, 1.807) is 0 Å². The van der Waals surface area contributed by atoms with Crippen molar-refractivity contribution in [3.8, 4) is 17.2 Å². The molecular formula is C8H9NO4. The average molecular weight is 183 g/mol. The molecule has 0 unspecified atom stereocenters. The second-order valence-corrected chi connectivity index (χ2v) is 2.51. The zero-order chi connectivity index (χ0) is 10.0. The van der Waals surface area contributed by atoms with Crippen molar-refractivity contribution in [1.29, 1.82) is 0 Å². The molecule has 0 saturated heterocycles. The van der Waals surface area contributed by atoms with Gasteiger partial charge in [-0.2, -0.15) is 0 Å². The van der Waals surface area contributed by atoms with Crippen molar-refractivity contribution in [1.82, 2.24) is 0 Å². The summed E-state index contributed by atoms with van der Waals surface area (Å²) in [5, 5.41) is 21.2. The average Bonchev–Trinajstić information content (AvgIpc) is 2.13. The van der Waals surface area contributed by atoms with Gasteiger partial charge in [-0.15, -0.1) is 4.91 Å². The van der Waals surface area contributed by atoms with E-state index in [-0.39, 0.29) is 28.5 Å². The van der Waals surface area contributed by atoms with Gasteiger partial charge < -0.3 is 14.9 Å². The topological polar surface area (TPSA) is 79.1 Å². The monoisotopic (exact) mass is 183 g/mol. The summed E-state index contributed by atoms with van der Waals surface area (Å²) in [6.07, 6.45) is 0. The first kappa shape index (κ1) is 9.31. The highest BCUT2D eigenvalue weighted by Crippen LogP contribution is 2.43. The van der Waals surface area contributed by atoms with Gasteiger partial charge in [0.05, 0.1) is 7.11 Å². The number of methoxy groups -OCH3 is 1. The van der Waals surface area contributed by atoms with Crippen LogP contribution in [-0.2, 0) is 0 Å². The van der Waals surface area contributed by atoms with Gasteiger partial charge in [0, 0.05) is 11.6 Å². The van der Waals surface area contributed by atoms with Crippen LogP contribution in [0.2, 0.25) is 0 Å². The smallest absolute Gasteiger partial charge is 0.191 e. The number of phenols is 2. The zero-order valence-corrected chi connectivity index (χ0v) is 7.24. The Balaban J connectivity index is 3.47. The maximum absolute atomic E-state index is 10.3. The summed E-state index contributed by atoms with van der Waals surface area (Å²) in [4.78, 5) is 10.3. The van der Waals surface area contributed by atoms with Crippen molar-refractivity contribution in [3.63, 3.8) is 0 Å². The third kappa shape index (κ3) is 1.40. The number of hydrogen-bond acceptors (Lipinski definition) is 5. The van der Waals surface area contributed by atoms with Gasteiger partial charge in [0.15, 0.2) is 17.2 Å². The van der Waals surface area contributed by atoms with Crippen LogP contribution in [0.5, 0.6) is 17.2 Å². The van der Waals surface area contributed by atoms with Gasteiger partial charge in [0.2, 0.25) is 0 Å². The molecule has 1 aromatic carbocycles. The van der Waals surface area contributed by atoms with Gasteiger partial charge in [-0.3, -0.25) is 0 Å². The number of benzene rings is 1. The van der Waals surface area contributed by atoms with Crippen LogP contribution in [0.1, 0.15) is 5.56 Å². The Bertz CT molecular complexity index is 348. The van der Waals surface area contributed by atoms with Crippen LogP contribution in [0.4, 0.5) is 5.69 Å². The van der Waals surface area contributed by atoms with Crippen molar-refractivity contribution in [3.05, 3.63) is 16.5 Å². The number of rotatable bonds is 2. The molecule has 0 amide bonds. The molecule has 1 rings (SSSR count). The van der Waals surface area contributed by atoms with Gasteiger partial charge >= 0.3 is 0 Å². The van der Waals surface area contributed by atoms with E-state index in [1.807, 2.05) is 0 Å². The number of nitrogens with zero attached hydrogens (tertiary/aromatic N) is 1. The minimum atomic E-state index is -0.355. The number of nitroso groups, excluding NO2 is 1. The number of hydrogen-bond donors (Lipinski definition) is 2. The molecule has 0 saturated carbocycles. The zero-order valence-electron chi connectivity index (χ0n) is 7.24. The number of phenolic OH excluding ortho intramolecular Hbond substituents is 2. The Morgan fingerprint density at radius 1 is 1.46 bits per heavy atom. The second kappa shape index (κ2) is 3.30. The van der Waals surface area contributed by atoms with Crippen LogP contribution in [0.3, 0.4) is 0 Å². The maximum atomic E-state index is 10.3. The molecule has 0 atom stereocenters. The molecule has 0 spiro atoms. The molecule has 0 aromatic heterocycles. The predicted octanol–water partition coefficient (Wildman–Crippen LogP) is 1.81. The lowest BCUT2D eigenvalue weighted by atomic mass is 10.1. The molecule has 0 aliphatic rings. The highest BCUT2D eigenvalue weighted by Gasteiger charge is 2.15. The quantitative estimate of drug-likeness (QED) is 0.685. The summed E-state index contributed by atoms with van der Waals surface area (Å²) in [7, 11) is 1.32. The Morgan fingerprint density at radius 3 is 2.54 bits per heavy atom. The van der Waals surface area contributed by atoms with Gasteiger partial charge in [-0.25, -0.2) is 0 Å². The Kier molecular flexibility index (Phi) is 2.36. The van der Waals surface area contributed by atoms with E-state index in [0.717, 1.165) is 0 Å². The van der Waals surface area contributed by atoms with Crippen molar-refractivity contribution >= 4 is 5.69 Å². The van der Waals surface area contributed by atoms with Crippen molar-refractivity contribution in [2.75, 3.05) is 7.11 Å². The lowest BCUT2D eigenvalue weighted by Gasteiger charge is -2.07. The largest absolute Gasteiger partial charge is 0.507 e. The van der Waals surface area contributed by atoms with Crippen LogP contribution in [0.25, 0.3) is 0 Å². The summed E-state index contributed by atoms with van der Waals surface area (Å²) < 4.78 is 4.74. The van der Waals surface area contributed by atoms with Gasteiger partial charge in [-0.1, -0.05) is 0 Å². The fraction of sp³-hybridized carbons (Fsp3) is 0.250. The van der Waals surface area contributed by atoms with E-state index in [2.05, 4.69) is 5.18 Å². The molecular weight excluding hydrogens is 174 g/mol. The minimum Gasteiger partial charge on any atom is -0.507 e. The third-order valence-corrected chi connectivity index (χ3v) is 1.78. The van der Waals surface area contributed by atoms with E-state index in [1.165, 1.54) is 20.1 Å². The molecule has 13 heavy (non-hydrogen) atoms. The fourth-order valence-corrected chi connectivity index (χ4v) is 0.960. The summed E-state index contributed by atoms with van der Waals surface area (Å²) in [5.74, 6) is -0.441. The molecule has 0 aliphatic heterocycles. The van der Waals surface area contributed by atoms with E-state index in [4.69, 9.17) is 4.74 Å². The molecule has 0 fully saturated rings. The first-order valence-corrected chi connectivity index (χ1v) is 3.54. The maximum Gasteiger partial charge on any atom is 0.191 e. The summed E-state index contributed by atoms with van der Waals surface area (Å²) >= 11 is 0.